The van der Waals surface area contributed by atoms with Crippen LogP contribution < -0.4 is 9.62 Å². The minimum atomic E-state index is -3.67. The average molecular weight is 417 g/mol. The van der Waals surface area contributed by atoms with Gasteiger partial charge >= 0.3 is 0 Å². The van der Waals surface area contributed by atoms with Crippen LogP contribution in [0.5, 0.6) is 0 Å². The highest BCUT2D eigenvalue weighted by Gasteiger charge is 2.29. The third kappa shape index (κ3) is 4.55. The molecule has 0 bridgehead atoms. The molecule has 2 aromatic carbocycles. The second-order valence-electron chi connectivity index (χ2n) is 6.34. The van der Waals surface area contributed by atoms with Crippen LogP contribution in [0.1, 0.15) is 12.5 Å². The number of rotatable bonds is 6. The number of aryl methyl sites for hydroxylation is 1. The van der Waals surface area contributed by atoms with E-state index in [9.17, 15) is 13.2 Å². The minimum absolute atomic E-state index is 0.313. The summed E-state index contributed by atoms with van der Waals surface area (Å²) in [4.78, 5) is 12.7. The molecule has 1 atom stereocenters. The Kier molecular flexibility index (Phi) is 5.76. The fraction of sp³-hybridized carbons (Fsp3) is 0.211. The molecule has 0 radical (unpaired) electrons. The van der Waals surface area contributed by atoms with E-state index in [0.717, 1.165) is 21.7 Å². The second kappa shape index (κ2) is 8.07. The molecular weight excluding hydrogens is 396 g/mol. The van der Waals surface area contributed by atoms with Gasteiger partial charge in [-0.1, -0.05) is 59.4 Å². The summed E-state index contributed by atoms with van der Waals surface area (Å²) in [6.07, 6.45) is 1.08. The standard InChI is InChI=1S/C19H20N4O3S2/c1-13-9-11-16(12-10-13)23(28(3,25)26)14(2)17(24)20-19-22-21-18(27-19)15-7-5-4-6-8-15/h4-12,14H,1-3H3,(H,20,22,24). The van der Waals surface area contributed by atoms with E-state index in [1.54, 1.807) is 24.3 Å². The molecule has 1 heterocycles. The van der Waals surface area contributed by atoms with Gasteiger partial charge in [-0.2, -0.15) is 0 Å². The number of nitrogens with one attached hydrogen (secondary N) is 1. The fourth-order valence-corrected chi connectivity index (χ4v) is 4.61. The Bertz CT molecular complexity index is 1060. The molecule has 0 saturated heterocycles. The Hall–Kier alpha value is -2.78. The first-order valence-corrected chi connectivity index (χ1v) is 11.2. The molecule has 0 saturated carbocycles. The summed E-state index contributed by atoms with van der Waals surface area (Å²) in [6.45, 7) is 3.44. The van der Waals surface area contributed by atoms with E-state index in [1.807, 2.05) is 37.3 Å². The van der Waals surface area contributed by atoms with Crippen molar-refractivity contribution in [2.45, 2.75) is 19.9 Å². The number of nitrogens with zero attached hydrogens (tertiary/aromatic N) is 3. The van der Waals surface area contributed by atoms with E-state index in [0.29, 0.717) is 15.8 Å². The molecule has 0 aliphatic rings. The summed E-state index contributed by atoms with van der Waals surface area (Å²) in [5.74, 6) is -0.484. The van der Waals surface area contributed by atoms with Crippen molar-refractivity contribution in [3.05, 3.63) is 60.2 Å². The molecule has 1 unspecified atom stereocenters. The zero-order chi connectivity index (χ0) is 20.3. The van der Waals surface area contributed by atoms with Gasteiger partial charge in [-0.25, -0.2) is 8.42 Å². The van der Waals surface area contributed by atoms with Crippen LogP contribution in [0.2, 0.25) is 0 Å². The van der Waals surface area contributed by atoms with E-state index >= 15 is 0 Å². The van der Waals surface area contributed by atoms with Crippen LogP contribution in [0, 0.1) is 6.92 Å². The molecule has 1 aromatic heterocycles. The average Bonchev–Trinajstić information content (AvgIpc) is 3.11. The summed E-state index contributed by atoms with van der Waals surface area (Å²) in [5, 5.41) is 11.7. The quantitative estimate of drug-likeness (QED) is 0.666. The zero-order valence-corrected chi connectivity index (χ0v) is 17.3. The first kappa shape index (κ1) is 20.0. The SMILES string of the molecule is Cc1ccc(N(C(C)C(=O)Nc2nnc(-c3ccccc3)s2)S(C)(=O)=O)cc1. The lowest BCUT2D eigenvalue weighted by atomic mass is 10.2. The predicted octanol–water partition coefficient (Wildman–Crippen LogP) is 3.31. The van der Waals surface area contributed by atoms with Gasteiger partial charge in [0, 0.05) is 5.56 Å². The van der Waals surface area contributed by atoms with Crippen molar-refractivity contribution in [2.24, 2.45) is 0 Å². The van der Waals surface area contributed by atoms with Crippen LogP contribution in [0.15, 0.2) is 54.6 Å². The van der Waals surface area contributed by atoms with Crippen LogP contribution in [-0.4, -0.2) is 36.8 Å². The maximum absolute atomic E-state index is 12.7. The summed E-state index contributed by atoms with van der Waals surface area (Å²) in [7, 11) is -3.67. The van der Waals surface area contributed by atoms with Gasteiger partial charge in [0.05, 0.1) is 11.9 Å². The van der Waals surface area contributed by atoms with Crippen molar-refractivity contribution < 1.29 is 13.2 Å². The third-order valence-electron chi connectivity index (χ3n) is 4.05. The Balaban J connectivity index is 1.80. The molecule has 0 fully saturated rings. The molecule has 1 amide bonds. The maximum Gasteiger partial charge on any atom is 0.249 e. The van der Waals surface area contributed by atoms with Crippen LogP contribution in [-0.2, 0) is 14.8 Å². The molecule has 146 valence electrons. The Morgan fingerprint density at radius 1 is 1.07 bits per heavy atom. The highest BCUT2D eigenvalue weighted by atomic mass is 32.2. The second-order valence-corrected chi connectivity index (χ2v) is 9.17. The smallest absolute Gasteiger partial charge is 0.249 e. The van der Waals surface area contributed by atoms with E-state index in [2.05, 4.69) is 15.5 Å². The number of sulfonamides is 1. The number of aromatic nitrogens is 2. The first-order chi connectivity index (χ1) is 13.3. The minimum Gasteiger partial charge on any atom is -0.299 e. The Morgan fingerprint density at radius 3 is 2.32 bits per heavy atom. The van der Waals surface area contributed by atoms with Crippen LogP contribution >= 0.6 is 11.3 Å². The lowest BCUT2D eigenvalue weighted by Crippen LogP contribution is -2.45. The van der Waals surface area contributed by atoms with Gasteiger partial charge < -0.3 is 0 Å². The van der Waals surface area contributed by atoms with Gasteiger partial charge in [0.2, 0.25) is 21.1 Å². The molecule has 0 spiro atoms. The fourth-order valence-electron chi connectivity index (χ4n) is 2.68. The number of amides is 1. The topological polar surface area (TPSA) is 92.3 Å². The lowest BCUT2D eigenvalue weighted by molar-refractivity contribution is -0.116. The number of carbonyl (C=O) groups is 1. The molecule has 3 aromatic rings. The number of benzene rings is 2. The van der Waals surface area contributed by atoms with E-state index in [4.69, 9.17) is 0 Å². The highest BCUT2D eigenvalue weighted by molar-refractivity contribution is 7.92. The summed E-state index contributed by atoms with van der Waals surface area (Å²) >= 11 is 1.23. The van der Waals surface area contributed by atoms with Crippen molar-refractivity contribution in [3.63, 3.8) is 0 Å². The normalized spacial score (nSPS) is 12.4. The molecule has 9 heteroatoms. The molecule has 3 rings (SSSR count). The first-order valence-electron chi connectivity index (χ1n) is 8.51. The number of hydrogen-bond acceptors (Lipinski definition) is 6. The van der Waals surface area contributed by atoms with Crippen LogP contribution in [0.3, 0.4) is 0 Å². The van der Waals surface area contributed by atoms with Gasteiger partial charge in [-0.15, -0.1) is 10.2 Å². The van der Waals surface area contributed by atoms with Crippen molar-refractivity contribution >= 4 is 38.1 Å². The van der Waals surface area contributed by atoms with E-state index in [1.165, 1.54) is 18.3 Å². The van der Waals surface area contributed by atoms with Gasteiger partial charge in [0.15, 0.2) is 0 Å². The Morgan fingerprint density at radius 2 is 1.71 bits per heavy atom. The van der Waals surface area contributed by atoms with Crippen molar-refractivity contribution in [1.82, 2.24) is 10.2 Å². The van der Waals surface area contributed by atoms with Crippen molar-refractivity contribution in [1.29, 1.82) is 0 Å². The van der Waals surface area contributed by atoms with Crippen molar-refractivity contribution in [2.75, 3.05) is 15.9 Å². The molecule has 28 heavy (non-hydrogen) atoms. The molecule has 0 aliphatic heterocycles. The van der Waals surface area contributed by atoms with Crippen molar-refractivity contribution in [3.8, 4) is 10.6 Å². The van der Waals surface area contributed by atoms with Crippen LogP contribution in [0.25, 0.3) is 10.6 Å². The van der Waals surface area contributed by atoms with E-state index < -0.39 is 22.0 Å². The lowest BCUT2D eigenvalue weighted by Gasteiger charge is -2.27. The predicted molar refractivity (Wildman–Crippen MR) is 112 cm³/mol. The van der Waals surface area contributed by atoms with Gasteiger partial charge in [-0.3, -0.25) is 14.4 Å². The zero-order valence-electron chi connectivity index (χ0n) is 15.7. The third-order valence-corrected chi connectivity index (χ3v) is 6.18. The monoisotopic (exact) mass is 416 g/mol. The number of carbonyl (C=O) groups excluding carboxylic acids is 1. The molecule has 7 nitrogen and oxygen atoms in total. The largest absolute Gasteiger partial charge is 0.299 e. The van der Waals surface area contributed by atoms with Gasteiger partial charge in [-0.05, 0) is 26.0 Å². The van der Waals surface area contributed by atoms with Gasteiger partial charge in [0.25, 0.3) is 0 Å². The van der Waals surface area contributed by atoms with Crippen LogP contribution in [0.4, 0.5) is 10.8 Å². The van der Waals surface area contributed by atoms with Gasteiger partial charge in [0.1, 0.15) is 11.0 Å². The number of anilines is 2. The summed E-state index contributed by atoms with van der Waals surface area (Å²) < 4.78 is 25.7. The summed E-state index contributed by atoms with van der Waals surface area (Å²) in [5.41, 5.74) is 2.32. The number of hydrogen-bond donors (Lipinski definition) is 1. The summed E-state index contributed by atoms with van der Waals surface area (Å²) in [6, 6.07) is 15.5. The Labute approximate surface area is 168 Å². The molecule has 0 aliphatic carbocycles. The molecular formula is C19H20N4O3S2. The highest BCUT2D eigenvalue weighted by Crippen LogP contribution is 2.27. The maximum atomic E-state index is 12.7. The van der Waals surface area contributed by atoms with E-state index in [-0.39, 0.29) is 0 Å². The molecule has 1 N–H and O–H groups in total.